The molecule has 0 radical (unpaired) electrons. The number of hydrogen-bond acceptors (Lipinski definition) is 4. The van der Waals surface area contributed by atoms with E-state index in [4.69, 9.17) is 0 Å². The highest BCUT2D eigenvalue weighted by Crippen LogP contribution is 2.36. The fourth-order valence-electron chi connectivity index (χ4n) is 5.83. The van der Waals surface area contributed by atoms with Gasteiger partial charge < -0.3 is 9.80 Å². The SMILES string of the molecule is Cc1ccc(N(C(=O)c2ccccc2)/C(=C(/N(C)c2ccccc2)N(C(=O)c2ccccc2)c2ccc(C)cc2)N(C)c2ccccc2)cc1. The number of carbonyl (C=O) groups is 2. The summed E-state index contributed by atoms with van der Waals surface area (Å²) in [6, 6.07) is 54.0. The smallest absolute Gasteiger partial charge is 0.264 e. The number of para-hydroxylation sites is 2. The van der Waals surface area contributed by atoms with Crippen LogP contribution in [-0.4, -0.2) is 25.9 Å². The first-order valence-corrected chi connectivity index (χ1v) is 16.6. The van der Waals surface area contributed by atoms with Gasteiger partial charge in [0, 0.05) is 36.6 Å². The summed E-state index contributed by atoms with van der Waals surface area (Å²) in [5.74, 6) is 0.458. The van der Waals surface area contributed by atoms with Crippen LogP contribution in [0.5, 0.6) is 0 Å². The molecule has 0 unspecified atom stereocenters. The molecule has 0 saturated heterocycles. The molecule has 6 nitrogen and oxygen atoms in total. The van der Waals surface area contributed by atoms with Crippen LogP contribution in [0.15, 0.2) is 182 Å². The fraction of sp³-hybridized carbons (Fsp3) is 0.0909. The van der Waals surface area contributed by atoms with Crippen LogP contribution in [0.3, 0.4) is 0 Å². The molecule has 2 amide bonds. The fourth-order valence-corrected chi connectivity index (χ4v) is 5.83. The Morgan fingerprint density at radius 3 is 0.940 bits per heavy atom. The summed E-state index contributed by atoms with van der Waals surface area (Å²) in [4.78, 5) is 37.5. The number of hydrogen-bond donors (Lipinski definition) is 0. The first-order chi connectivity index (χ1) is 24.3. The monoisotopic (exact) mass is 656 g/mol. The van der Waals surface area contributed by atoms with Gasteiger partial charge in [-0.05, 0) is 86.6 Å². The zero-order valence-corrected chi connectivity index (χ0v) is 28.8. The van der Waals surface area contributed by atoms with E-state index in [1.807, 2.05) is 208 Å². The standard InChI is InChI=1S/C44H40N4O2/c1-33-25-29-39(30-26-33)47(43(49)35-17-9-5-10-18-35)41(45(3)37-21-13-7-14-22-37)42(46(4)38-23-15-8-16-24-38)48(40-31-27-34(2)28-32-40)44(50)36-19-11-6-12-20-36/h5-32H,1-4H3/b42-41-. The lowest BCUT2D eigenvalue weighted by Gasteiger charge is -2.40. The molecule has 6 aromatic carbocycles. The zero-order chi connectivity index (χ0) is 35.0. The van der Waals surface area contributed by atoms with Crippen LogP contribution >= 0.6 is 0 Å². The van der Waals surface area contributed by atoms with Crippen LogP contribution in [0.25, 0.3) is 0 Å². The zero-order valence-electron chi connectivity index (χ0n) is 28.8. The molecule has 0 aromatic heterocycles. The average Bonchev–Trinajstić information content (AvgIpc) is 3.17. The molecule has 0 aliphatic rings. The van der Waals surface area contributed by atoms with E-state index in [9.17, 15) is 0 Å². The van der Waals surface area contributed by atoms with Crippen LogP contribution in [0.4, 0.5) is 22.7 Å². The van der Waals surface area contributed by atoms with Crippen molar-refractivity contribution in [2.75, 3.05) is 33.7 Å². The Labute approximate surface area is 294 Å². The van der Waals surface area contributed by atoms with E-state index in [1.165, 1.54) is 0 Å². The number of benzene rings is 6. The molecule has 0 N–H and O–H groups in total. The summed E-state index contributed by atoms with van der Waals surface area (Å²) in [5.41, 5.74) is 6.09. The van der Waals surface area contributed by atoms with Crippen molar-refractivity contribution in [1.82, 2.24) is 0 Å². The molecule has 6 rings (SSSR count). The molecule has 0 aliphatic heterocycles. The molecular weight excluding hydrogens is 617 g/mol. The third-order valence-corrected chi connectivity index (χ3v) is 8.58. The summed E-state index contributed by atoms with van der Waals surface area (Å²) >= 11 is 0. The van der Waals surface area contributed by atoms with Gasteiger partial charge in [-0.2, -0.15) is 0 Å². The number of anilines is 4. The second-order valence-electron chi connectivity index (χ2n) is 12.1. The molecule has 50 heavy (non-hydrogen) atoms. The van der Waals surface area contributed by atoms with Gasteiger partial charge in [0.1, 0.15) is 0 Å². The Balaban J connectivity index is 1.77. The summed E-state index contributed by atoms with van der Waals surface area (Å²) < 4.78 is 0. The Hall–Kier alpha value is -6.40. The summed E-state index contributed by atoms with van der Waals surface area (Å²) in [6.45, 7) is 4.04. The topological polar surface area (TPSA) is 47.1 Å². The second kappa shape index (κ2) is 15.2. The van der Waals surface area contributed by atoms with E-state index >= 15 is 9.59 Å². The van der Waals surface area contributed by atoms with Crippen molar-refractivity contribution in [3.05, 3.63) is 204 Å². The third-order valence-electron chi connectivity index (χ3n) is 8.58. The number of carbonyl (C=O) groups excluding carboxylic acids is 2. The molecule has 6 aromatic rings. The maximum absolute atomic E-state index is 15.1. The quantitative estimate of drug-likeness (QED) is 0.147. The van der Waals surface area contributed by atoms with Gasteiger partial charge in [-0.1, -0.05) is 108 Å². The van der Waals surface area contributed by atoms with E-state index in [0.29, 0.717) is 34.1 Å². The minimum absolute atomic E-state index is 0.248. The third kappa shape index (κ3) is 7.20. The molecule has 0 fully saturated rings. The highest BCUT2D eigenvalue weighted by Gasteiger charge is 2.36. The van der Waals surface area contributed by atoms with Crippen molar-refractivity contribution < 1.29 is 9.59 Å². The maximum atomic E-state index is 15.1. The molecular formula is C44H40N4O2. The number of amides is 2. The number of nitrogens with zero attached hydrogens (tertiary/aromatic N) is 4. The lowest BCUT2D eigenvalue weighted by atomic mass is 10.1. The van der Waals surface area contributed by atoms with Gasteiger partial charge in [-0.3, -0.25) is 19.4 Å². The first kappa shape index (κ1) is 33.5. The van der Waals surface area contributed by atoms with Gasteiger partial charge in [0.05, 0.1) is 11.4 Å². The normalized spacial score (nSPS) is 11.3. The Morgan fingerprint density at radius 2 is 0.640 bits per heavy atom. The lowest BCUT2D eigenvalue weighted by Crippen LogP contribution is -2.47. The predicted octanol–water partition coefficient (Wildman–Crippen LogP) is 9.70. The first-order valence-electron chi connectivity index (χ1n) is 16.6. The largest absolute Gasteiger partial charge is 0.327 e. The van der Waals surface area contributed by atoms with Gasteiger partial charge in [0.15, 0.2) is 11.6 Å². The molecule has 0 atom stereocenters. The van der Waals surface area contributed by atoms with Crippen molar-refractivity contribution >= 4 is 34.6 Å². The van der Waals surface area contributed by atoms with Crippen LogP contribution < -0.4 is 19.6 Å². The van der Waals surface area contributed by atoms with E-state index in [1.54, 1.807) is 9.80 Å². The summed E-state index contributed by atoms with van der Waals surface area (Å²) in [6.07, 6.45) is 0. The average molecular weight is 657 g/mol. The van der Waals surface area contributed by atoms with Crippen molar-refractivity contribution in [3.8, 4) is 0 Å². The van der Waals surface area contributed by atoms with Crippen molar-refractivity contribution in [1.29, 1.82) is 0 Å². The van der Waals surface area contributed by atoms with Crippen LogP contribution in [0.1, 0.15) is 31.8 Å². The second-order valence-corrected chi connectivity index (χ2v) is 12.1. The Kier molecular flexibility index (Phi) is 10.2. The predicted molar refractivity (Wildman–Crippen MR) is 206 cm³/mol. The Morgan fingerprint density at radius 1 is 0.360 bits per heavy atom. The molecule has 0 bridgehead atoms. The van der Waals surface area contributed by atoms with Crippen LogP contribution in [0, 0.1) is 13.8 Å². The molecule has 248 valence electrons. The van der Waals surface area contributed by atoms with E-state index in [2.05, 4.69) is 0 Å². The lowest BCUT2D eigenvalue weighted by molar-refractivity contribution is 0.0980. The van der Waals surface area contributed by atoms with E-state index in [0.717, 1.165) is 22.5 Å². The molecule has 0 saturated carbocycles. The number of aryl methyl sites for hydroxylation is 2. The molecule has 0 spiro atoms. The maximum Gasteiger partial charge on any atom is 0.264 e. The van der Waals surface area contributed by atoms with Gasteiger partial charge in [-0.15, -0.1) is 0 Å². The van der Waals surface area contributed by atoms with Crippen LogP contribution in [0.2, 0.25) is 0 Å². The minimum Gasteiger partial charge on any atom is -0.327 e. The van der Waals surface area contributed by atoms with Crippen LogP contribution in [-0.2, 0) is 0 Å². The van der Waals surface area contributed by atoms with Crippen molar-refractivity contribution in [2.24, 2.45) is 0 Å². The minimum atomic E-state index is -0.248. The van der Waals surface area contributed by atoms with Gasteiger partial charge in [-0.25, -0.2) is 0 Å². The molecule has 0 aliphatic carbocycles. The van der Waals surface area contributed by atoms with Gasteiger partial charge in [0.2, 0.25) is 0 Å². The summed E-state index contributed by atoms with van der Waals surface area (Å²) in [7, 11) is 3.87. The van der Waals surface area contributed by atoms with Crippen molar-refractivity contribution in [3.63, 3.8) is 0 Å². The highest BCUT2D eigenvalue weighted by molar-refractivity contribution is 6.12. The highest BCUT2D eigenvalue weighted by atomic mass is 16.2. The van der Waals surface area contributed by atoms with E-state index < -0.39 is 0 Å². The van der Waals surface area contributed by atoms with Crippen molar-refractivity contribution in [2.45, 2.75) is 13.8 Å². The Bertz CT molecular complexity index is 1910. The molecule has 0 heterocycles. The van der Waals surface area contributed by atoms with Gasteiger partial charge in [0.25, 0.3) is 11.8 Å². The summed E-state index contributed by atoms with van der Waals surface area (Å²) in [5, 5.41) is 0. The molecule has 6 heteroatoms. The number of rotatable bonds is 10. The van der Waals surface area contributed by atoms with Gasteiger partial charge >= 0.3 is 0 Å². The van der Waals surface area contributed by atoms with E-state index in [-0.39, 0.29) is 11.8 Å².